The average Bonchev–Trinajstić information content (AvgIpc) is 3.04. The van der Waals surface area contributed by atoms with Crippen LogP contribution in [0.5, 0.6) is 0 Å². The number of likely N-dealkylation sites (tertiary alicyclic amines) is 1. The third-order valence-corrected chi connectivity index (χ3v) is 3.69. The Morgan fingerprint density at radius 3 is 2.46 bits per heavy atom. The van der Waals surface area contributed by atoms with Gasteiger partial charge in [-0.15, -0.1) is 0 Å². The first-order chi connectivity index (χ1) is 11.2. The van der Waals surface area contributed by atoms with Gasteiger partial charge < -0.3 is 9.88 Å². The zero-order chi connectivity index (χ0) is 17.9. The van der Waals surface area contributed by atoms with Gasteiger partial charge in [0.1, 0.15) is 11.9 Å². The normalized spacial score (nSPS) is 14.7. The van der Waals surface area contributed by atoms with Gasteiger partial charge in [0.15, 0.2) is 0 Å². The summed E-state index contributed by atoms with van der Waals surface area (Å²) in [6.45, 7) is 6.21. The molecule has 1 aliphatic rings. The van der Waals surface area contributed by atoms with Crippen molar-refractivity contribution in [1.82, 2.24) is 14.8 Å². The van der Waals surface area contributed by atoms with E-state index in [-0.39, 0.29) is 43.3 Å². The van der Waals surface area contributed by atoms with Gasteiger partial charge in [-0.2, -0.15) is 5.26 Å². The Bertz CT molecular complexity index is 692. The monoisotopic (exact) mass is 331 g/mol. The minimum atomic E-state index is -0.456. The summed E-state index contributed by atoms with van der Waals surface area (Å²) in [5.74, 6) is 0.0924. The molecule has 8 heteroatoms. The highest BCUT2D eigenvalue weighted by Gasteiger charge is 2.28. The molecule has 0 spiro atoms. The summed E-state index contributed by atoms with van der Waals surface area (Å²) in [4.78, 5) is 36.1. The highest BCUT2D eigenvalue weighted by molar-refractivity contribution is 6.02. The zero-order valence-corrected chi connectivity index (χ0v) is 14.0. The number of rotatable bonds is 4. The van der Waals surface area contributed by atoms with Crippen LogP contribution < -0.4 is 10.6 Å². The highest BCUT2D eigenvalue weighted by atomic mass is 16.2. The second-order valence-electron chi connectivity index (χ2n) is 6.59. The molecule has 0 atom stereocenters. The molecule has 1 aliphatic heterocycles. The van der Waals surface area contributed by atoms with E-state index in [1.807, 2.05) is 26.8 Å². The molecule has 0 aromatic carbocycles. The molecule has 0 saturated carbocycles. The van der Waals surface area contributed by atoms with Crippen LogP contribution in [-0.2, 0) is 15.1 Å². The van der Waals surface area contributed by atoms with E-state index in [1.165, 1.54) is 0 Å². The van der Waals surface area contributed by atoms with Crippen LogP contribution in [0.1, 0.15) is 39.2 Å². The van der Waals surface area contributed by atoms with Crippen molar-refractivity contribution in [2.75, 3.05) is 18.4 Å². The average molecular weight is 331 g/mol. The fraction of sp³-hybridized carbons (Fsp3) is 0.500. The molecule has 1 fully saturated rings. The van der Waals surface area contributed by atoms with Crippen LogP contribution in [-0.4, -0.2) is 40.4 Å². The van der Waals surface area contributed by atoms with Crippen molar-refractivity contribution in [2.24, 2.45) is 0 Å². The van der Waals surface area contributed by atoms with Crippen LogP contribution in [0.15, 0.2) is 12.3 Å². The first-order valence-corrected chi connectivity index (χ1v) is 7.73. The molecular formula is C16H21N5O3. The molecule has 0 unspecified atom stereocenters. The molecule has 4 amide bonds. The molecule has 0 bridgehead atoms. The van der Waals surface area contributed by atoms with Gasteiger partial charge in [0, 0.05) is 37.7 Å². The molecule has 24 heavy (non-hydrogen) atoms. The van der Waals surface area contributed by atoms with Crippen LogP contribution in [0, 0.1) is 11.3 Å². The number of carbonyl (C=O) groups is 3. The van der Waals surface area contributed by atoms with Gasteiger partial charge in [-0.05, 0) is 26.8 Å². The van der Waals surface area contributed by atoms with Crippen molar-refractivity contribution in [1.29, 1.82) is 5.26 Å². The predicted octanol–water partition coefficient (Wildman–Crippen LogP) is 1.39. The standard InChI is InChI=1S/C16H21N5O3/c1-16(2,3)21-10-11(9-17)8-12(21)19-15(24)18-6-7-20-13(22)4-5-14(20)23/h8,10H,4-7H2,1-3H3,(H2,18,19,24). The molecule has 1 aromatic heterocycles. The maximum absolute atomic E-state index is 12.0. The minimum absolute atomic E-state index is 0.162. The Hall–Kier alpha value is -2.82. The lowest BCUT2D eigenvalue weighted by molar-refractivity contribution is -0.138. The Morgan fingerprint density at radius 2 is 1.92 bits per heavy atom. The molecule has 0 radical (unpaired) electrons. The fourth-order valence-electron chi connectivity index (χ4n) is 2.49. The highest BCUT2D eigenvalue weighted by Crippen LogP contribution is 2.23. The van der Waals surface area contributed by atoms with Gasteiger partial charge in [0.2, 0.25) is 11.8 Å². The van der Waals surface area contributed by atoms with Crippen LogP contribution >= 0.6 is 0 Å². The number of carbonyl (C=O) groups excluding carboxylic acids is 3. The van der Waals surface area contributed by atoms with E-state index in [0.717, 1.165) is 4.90 Å². The van der Waals surface area contributed by atoms with Crippen molar-refractivity contribution in [2.45, 2.75) is 39.2 Å². The van der Waals surface area contributed by atoms with E-state index < -0.39 is 6.03 Å². The molecule has 2 rings (SSSR count). The second-order valence-corrected chi connectivity index (χ2v) is 6.59. The van der Waals surface area contributed by atoms with Gasteiger partial charge in [0.05, 0.1) is 5.56 Å². The van der Waals surface area contributed by atoms with Gasteiger partial charge in [-0.3, -0.25) is 19.8 Å². The molecular weight excluding hydrogens is 310 g/mol. The minimum Gasteiger partial charge on any atom is -0.336 e. The third kappa shape index (κ3) is 3.93. The molecule has 8 nitrogen and oxygen atoms in total. The van der Waals surface area contributed by atoms with Gasteiger partial charge >= 0.3 is 6.03 Å². The second kappa shape index (κ2) is 6.74. The summed E-state index contributed by atoms with van der Waals surface area (Å²) < 4.78 is 1.80. The smallest absolute Gasteiger partial charge is 0.320 e. The number of anilines is 1. The molecule has 2 heterocycles. The van der Waals surface area contributed by atoms with Crippen molar-refractivity contribution in [3.05, 3.63) is 17.8 Å². The SMILES string of the molecule is CC(C)(C)n1cc(C#N)cc1NC(=O)NCCN1C(=O)CCC1=O. The number of nitrogens with zero attached hydrogens (tertiary/aromatic N) is 3. The van der Waals surface area contributed by atoms with Crippen molar-refractivity contribution in [3.63, 3.8) is 0 Å². The van der Waals surface area contributed by atoms with Crippen LogP contribution in [0.2, 0.25) is 0 Å². The molecule has 0 aliphatic carbocycles. The lowest BCUT2D eigenvalue weighted by atomic mass is 10.1. The predicted molar refractivity (Wildman–Crippen MR) is 87.1 cm³/mol. The number of imide groups is 1. The Morgan fingerprint density at radius 1 is 1.29 bits per heavy atom. The lowest BCUT2D eigenvalue weighted by Gasteiger charge is -2.24. The van der Waals surface area contributed by atoms with Crippen LogP contribution in [0.3, 0.4) is 0 Å². The van der Waals surface area contributed by atoms with E-state index in [2.05, 4.69) is 10.6 Å². The quantitative estimate of drug-likeness (QED) is 0.813. The van der Waals surface area contributed by atoms with Gasteiger partial charge in [0.25, 0.3) is 0 Å². The van der Waals surface area contributed by atoms with Crippen molar-refractivity contribution in [3.8, 4) is 6.07 Å². The Labute approximate surface area is 140 Å². The number of nitriles is 1. The number of aromatic nitrogens is 1. The van der Waals surface area contributed by atoms with Crippen molar-refractivity contribution < 1.29 is 14.4 Å². The molecule has 128 valence electrons. The van der Waals surface area contributed by atoms with Crippen LogP contribution in [0.25, 0.3) is 0 Å². The van der Waals surface area contributed by atoms with Crippen LogP contribution in [0.4, 0.5) is 10.6 Å². The number of hydrogen-bond donors (Lipinski definition) is 2. The summed E-state index contributed by atoms with van der Waals surface area (Å²) in [5.41, 5.74) is 0.153. The topological polar surface area (TPSA) is 107 Å². The third-order valence-electron chi connectivity index (χ3n) is 3.69. The Kier molecular flexibility index (Phi) is 4.93. The fourth-order valence-corrected chi connectivity index (χ4v) is 2.49. The summed E-state index contributed by atoms with van der Waals surface area (Å²) in [5, 5.41) is 14.3. The maximum Gasteiger partial charge on any atom is 0.320 e. The molecule has 1 saturated heterocycles. The van der Waals surface area contributed by atoms with E-state index in [4.69, 9.17) is 5.26 Å². The number of amides is 4. The van der Waals surface area contributed by atoms with E-state index >= 15 is 0 Å². The number of urea groups is 1. The maximum atomic E-state index is 12.0. The summed E-state index contributed by atoms with van der Waals surface area (Å²) in [7, 11) is 0. The zero-order valence-electron chi connectivity index (χ0n) is 14.0. The first kappa shape index (κ1) is 17.5. The van der Waals surface area contributed by atoms with Gasteiger partial charge in [-0.1, -0.05) is 0 Å². The number of nitrogens with one attached hydrogen (secondary N) is 2. The summed E-state index contributed by atoms with van der Waals surface area (Å²) in [6, 6.07) is 3.19. The molecule has 1 aromatic rings. The summed E-state index contributed by atoms with van der Waals surface area (Å²) >= 11 is 0. The van der Waals surface area contributed by atoms with E-state index in [0.29, 0.717) is 11.4 Å². The largest absolute Gasteiger partial charge is 0.336 e. The van der Waals surface area contributed by atoms with Crippen molar-refractivity contribution >= 4 is 23.7 Å². The van der Waals surface area contributed by atoms with E-state index in [1.54, 1.807) is 16.8 Å². The molecule has 2 N–H and O–H groups in total. The lowest BCUT2D eigenvalue weighted by Crippen LogP contribution is -2.39. The first-order valence-electron chi connectivity index (χ1n) is 7.73. The van der Waals surface area contributed by atoms with Gasteiger partial charge in [-0.25, -0.2) is 4.79 Å². The number of hydrogen-bond acceptors (Lipinski definition) is 4. The summed E-state index contributed by atoms with van der Waals surface area (Å²) in [6.07, 6.45) is 2.15. The van der Waals surface area contributed by atoms with E-state index in [9.17, 15) is 14.4 Å². The Balaban J connectivity index is 1.93.